The van der Waals surface area contributed by atoms with Gasteiger partial charge in [0.2, 0.25) is 0 Å². The molecular weight excluding hydrogens is 338 g/mol. The Morgan fingerprint density at radius 1 is 1.15 bits per heavy atom. The number of carbonyl (C=O) groups excluding carboxylic acids is 1. The SMILES string of the molecule is COC(=O)/C=C/C(O)C1C=CC(C)n2c(=O)n(-c3ccccc3)c(=O)n21. The minimum absolute atomic E-state index is 0.354. The number of aromatic nitrogens is 3. The average Bonchev–Trinajstić information content (AvgIpc) is 2.92. The molecule has 1 aromatic carbocycles. The van der Waals surface area contributed by atoms with Crippen molar-refractivity contribution in [3.8, 4) is 5.69 Å². The topological polar surface area (TPSA) is 95.5 Å². The molecule has 0 radical (unpaired) electrons. The third kappa shape index (κ3) is 2.95. The number of methoxy groups -OCH3 is 1. The number of benzene rings is 1. The fraction of sp³-hybridized carbons (Fsp3) is 0.278. The van der Waals surface area contributed by atoms with E-state index in [0.717, 1.165) is 10.6 Å². The normalized spacial score (nSPS) is 20.1. The molecule has 1 aliphatic rings. The number of hydrogen-bond donors (Lipinski definition) is 1. The van der Waals surface area contributed by atoms with Gasteiger partial charge in [0.15, 0.2) is 0 Å². The van der Waals surface area contributed by atoms with Crippen molar-refractivity contribution >= 4 is 5.97 Å². The Morgan fingerprint density at radius 2 is 1.81 bits per heavy atom. The van der Waals surface area contributed by atoms with E-state index in [9.17, 15) is 19.5 Å². The second-order valence-corrected chi connectivity index (χ2v) is 5.91. The summed E-state index contributed by atoms with van der Waals surface area (Å²) in [5.41, 5.74) is -0.609. The van der Waals surface area contributed by atoms with E-state index in [2.05, 4.69) is 4.74 Å². The lowest BCUT2D eigenvalue weighted by atomic mass is 10.1. The third-order valence-corrected chi connectivity index (χ3v) is 4.26. The van der Waals surface area contributed by atoms with E-state index in [1.54, 1.807) is 49.4 Å². The van der Waals surface area contributed by atoms with Crippen molar-refractivity contribution in [2.45, 2.75) is 25.1 Å². The van der Waals surface area contributed by atoms with Gasteiger partial charge in [-0.1, -0.05) is 30.4 Å². The van der Waals surface area contributed by atoms with Crippen molar-refractivity contribution in [2.75, 3.05) is 7.11 Å². The van der Waals surface area contributed by atoms with Crippen LogP contribution in [0.5, 0.6) is 0 Å². The predicted octanol–water partition coefficient (Wildman–Crippen LogP) is 0.563. The summed E-state index contributed by atoms with van der Waals surface area (Å²) in [5, 5.41) is 10.4. The molecule has 1 aromatic heterocycles. The van der Waals surface area contributed by atoms with E-state index in [0.29, 0.717) is 5.69 Å². The summed E-state index contributed by atoms with van der Waals surface area (Å²) in [5.74, 6) is -0.621. The molecule has 0 bridgehead atoms. The fourth-order valence-electron chi connectivity index (χ4n) is 2.97. The van der Waals surface area contributed by atoms with Crippen molar-refractivity contribution in [2.24, 2.45) is 0 Å². The van der Waals surface area contributed by atoms with Gasteiger partial charge in [0.05, 0.1) is 24.9 Å². The first kappa shape index (κ1) is 17.7. The molecule has 1 N–H and O–H groups in total. The Morgan fingerprint density at radius 3 is 2.46 bits per heavy atom. The second-order valence-electron chi connectivity index (χ2n) is 5.91. The minimum atomic E-state index is -1.19. The predicted molar refractivity (Wildman–Crippen MR) is 94.3 cm³/mol. The second kappa shape index (κ2) is 7.01. The Kier molecular flexibility index (Phi) is 4.77. The molecule has 0 aliphatic carbocycles. The lowest BCUT2D eigenvalue weighted by Gasteiger charge is -2.26. The molecule has 8 heteroatoms. The Bertz CT molecular complexity index is 980. The quantitative estimate of drug-likeness (QED) is 0.490. The number of carbonyl (C=O) groups is 1. The van der Waals surface area contributed by atoms with Crippen LogP contribution in [-0.4, -0.2) is 38.2 Å². The summed E-state index contributed by atoms with van der Waals surface area (Å²) in [6.45, 7) is 1.77. The zero-order chi connectivity index (χ0) is 18.8. The molecule has 0 saturated carbocycles. The van der Waals surface area contributed by atoms with E-state index in [4.69, 9.17) is 0 Å². The van der Waals surface area contributed by atoms with Crippen molar-refractivity contribution in [3.05, 3.63) is 75.6 Å². The van der Waals surface area contributed by atoms with E-state index < -0.39 is 29.5 Å². The Hall–Kier alpha value is -3.13. The van der Waals surface area contributed by atoms with Crippen LogP contribution in [0.1, 0.15) is 19.0 Å². The smallest absolute Gasteiger partial charge is 0.352 e. The number of hydrogen-bond acceptors (Lipinski definition) is 5. The number of allylic oxidation sites excluding steroid dienone is 1. The summed E-state index contributed by atoms with van der Waals surface area (Å²) in [6.07, 6.45) is 4.51. The molecule has 8 nitrogen and oxygen atoms in total. The maximum absolute atomic E-state index is 12.9. The standard InChI is InChI=1S/C18H19N3O5/c1-12-8-9-14(15(22)10-11-16(23)26-2)21-18(25)19(17(24)20(12)21)13-6-4-3-5-7-13/h3-12,14-15,22H,1-2H3/b11-10+. The zero-order valence-corrected chi connectivity index (χ0v) is 14.4. The van der Waals surface area contributed by atoms with Gasteiger partial charge in [-0.15, -0.1) is 0 Å². The molecule has 1 aliphatic heterocycles. The molecule has 3 unspecified atom stereocenters. The zero-order valence-electron chi connectivity index (χ0n) is 14.4. The van der Waals surface area contributed by atoms with Gasteiger partial charge in [0, 0.05) is 6.08 Å². The van der Waals surface area contributed by atoms with Crippen LogP contribution < -0.4 is 11.4 Å². The summed E-state index contributed by atoms with van der Waals surface area (Å²) >= 11 is 0. The number of aliphatic hydroxyl groups is 1. The molecule has 0 saturated heterocycles. The molecule has 0 amide bonds. The van der Waals surface area contributed by atoms with E-state index in [1.165, 1.54) is 22.5 Å². The number of para-hydroxylation sites is 1. The molecule has 26 heavy (non-hydrogen) atoms. The van der Waals surface area contributed by atoms with Crippen LogP contribution >= 0.6 is 0 Å². The maximum atomic E-state index is 12.9. The van der Waals surface area contributed by atoms with Crippen LogP contribution in [-0.2, 0) is 9.53 Å². The highest BCUT2D eigenvalue weighted by Crippen LogP contribution is 2.22. The summed E-state index contributed by atoms with van der Waals surface area (Å²) in [4.78, 5) is 37.0. The Labute approximate surface area is 148 Å². The average molecular weight is 357 g/mol. The van der Waals surface area contributed by atoms with Crippen LogP contribution in [0.3, 0.4) is 0 Å². The number of nitrogens with zero attached hydrogens (tertiary/aromatic N) is 3. The number of ether oxygens (including phenoxy) is 1. The van der Waals surface area contributed by atoms with Gasteiger partial charge in [0.1, 0.15) is 6.04 Å². The van der Waals surface area contributed by atoms with Crippen molar-refractivity contribution < 1.29 is 14.6 Å². The van der Waals surface area contributed by atoms with Gasteiger partial charge in [0.25, 0.3) is 0 Å². The van der Waals surface area contributed by atoms with Crippen LogP contribution in [0, 0.1) is 0 Å². The summed E-state index contributed by atoms with van der Waals surface area (Å²) in [7, 11) is 1.23. The molecule has 2 heterocycles. The maximum Gasteiger partial charge on any atom is 0.352 e. The molecular formula is C18H19N3O5. The summed E-state index contributed by atoms with van der Waals surface area (Å²) < 4.78 is 8.07. The van der Waals surface area contributed by atoms with Crippen molar-refractivity contribution in [1.82, 2.24) is 13.9 Å². The van der Waals surface area contributed by atoms with E-state index in [1.807, 2.05) is 0 Å². The minimum Gasteiger partial charge on any atom is -0.466 e. The van der Waals surface area contributed by atoms with Crippen LogP contribution in [0.15, 0.2) is 64.2 Å². The van der Waals surface area contributed by atoms with Gasteiger partial charge in [-0.05, 0) is 25.1 Å². The van der Waals surface area contributed by atoms with Crippen LogP contribution in [0.4, 0.5) is 0 Å². The number of aliphatic hydroxyl groups excluding tert-OH is 1. The highest BCUT2D eigenvalue weighted by atomic mass is 16.5. The first-order valence-corrected chi connectivity index (χ1v) is 8.09. The lowest BCUT2D eigenvalue weighted by molar-refractivity contribution is -0.134. The van der Waals surface area contributed by atoms with Gasteiger partial charge in [-0.25, -0.2) is 28.3 Å². The molecule has 0 fully saturated rings. The first-order chi connectivity index (χ1) is 12.5. The first-order valence-electron chi connectivity index (χ1n) is 8.09. The largest absolute Gasteiger partial charge is 0.466 e. The highest BCUT2D eigenvalue weighted by Gasteiger charge is 2.30. The Balaban J connectivity index is 2.12. The third-order valence-electron chi connectivity index (χ3n) is 4.26. The van der Waals surface area contributed by atoms with E-state index >= 15 is 0 Å². The van der Waals surface area contributed by atoms with Gasteiger partial charge in [-0.3, -0.25) is 0 Å². The van der Waals surface area contributed by atoms with Crippen LogP contribution in [0.25, 0.3) is 5.69 Å². The number of fused-ring (bicyclic) bond motifs is 1. The van der Waals surface area contributed by atoms with Gasteiger partial charge >= 0.3 is 17.3 Å². The fourth-order valence-corrected chi connectivity index (χ4v) is 2.97. The van der Waals surface area contributed by atoms with Crippen LogP contribution in [0.2, 0.25) is 0 Å². The molecule has 136 valence electrons. The lowest BCUT2D eigenvalue weighted by Crippen LogP contribution is -2.38. The highest BCUT2D eigenvalue weighted by molar-refractivity contribution is 5.81. The monoisotopic (exact) mass is 357 g/mol. The number of rotatable bonds is 4. The van der Waals surface area contributed by atoms with E-state index in [-0.39, 0.29) is 6.04 Å². The molecule has 3 rings (SSSR count). The van der Waals surface area contributed by atoms with Crippen molar-refractivity contribution in [3.63, 3.8) is 0 Å². The molecule has 3 atom stereocenters. The van der Waals surface area contributed by atoms with Gasteiger partial charge in [-0.2, -0.15) is 0 Å². The summed E-state index contributed by atoms with van der Waals surface area (Å²) in [6, 6.07) is 7.40. The van der Waals surface area contributed by atoms with Crippen molar-refractivity contribution in [1.29, 1.82) is 0 Å². The van der Waals surface area contributed by atoms with Gasteiger partial charge < -0.3 is 9.84 Å². The molecule has 2 aromatic rings. The molecule has 0 spiro atoms. The number of esters is 1.